The number of hydrogen-bond acceptors (Lipinski definition) is 3. The number of hydrogen-bond donors (Lipinski definition) is 3. The molecule has 4 heteroatoms. The molecule has 1 atom stereocenters. The van der Waals surface area contributed by atoms with E-state index in [9.17, 15) is 10.2 Å². The van der Waals surface area contributed by atoms with E-state index in [4.69, 9.17) is 5.73 Å². The van der Waals surface area contributed by atoms with Crippen LogP contribution in [0.25, 0.3) is 0 Å². The summed E-state index contributed by atoms with van der Waals surface area (Å²) in [5.74, 6) is -0.0814. The van der Waals surface area contributed by atoms with Crippen LogP contribution in [0.2, 0.25) is 0 Å². The van der Waals surface area contributed by atoms with Crippen LogP contribution in [0.3, 0.4) is 0 Å². The van der Waals surface area contributed by atoms with Crippen molar-refractivity contribution in [1.29, 1.82) is 0 Å². The van der Waals surface area contributed by atoms with Gasteiger partial charge in [-0.05, 0) is 42.5 Å². The summed E-state index contributed by atoms with van der Waals surface area (Å²) in [6.07, 6.45) is 2.64. The van der Waals surface area contributed by atoms with E-state index in [1.807, 2.05) is 0 Å². The van der Waals surface area contributed by atoms with Crippen molar-refractivity contribution in [3.05, 3.63) is 23.3 Å². The number of rotatable bonds is 0. The van der Waals surface area contributed by atoms with Gasteiger partial charge >= 0.3 is 0 Å². The van der Waals surface area contributed by atoms with Crippen molar-refractivity contribution < 1.29 is 10.2 Å². The van der Waals surface area contributed by atoms with Crippen molar-refractivity contribution in [3.63, 3.8) is 0 Å². The number of phenols is 2. The van der Waals surface area contributed by atoms with Gasteiger partial charge in [-0.3, -0.25) is 0 Å². The van der Waals surface area contributed by atoms with Gasteiger partial charge in [0.2, 0.25) is 0 Å². The zero-order chi connectivity index (χ0) is 9.42. The predicted octanol–water partition coefficient (Wildman–Crippen LogP) is 1.49. The summed E-state index contributed by atoms with van der Waals surface area (Å²) in [5, 5.41) is 18.5. The second-order valence-corrected chi connectivity index (χ2v) is 3.61. The molecule has 0 aliphatic heterocycles. The van der Waals surface area contributed by atoms with E-state index in [1.165, 1.54) is 0 Å². The van der Waals surface area contributed by atoms with Gasteiger partial charge in [-0.15, -0.1) is 17.0 Å². The Bertz CT molecular complexity index is 341. The Morgan fingerprint density at radius 2 is 1.71 bits per heavy atom. The Hall–Kier alpha value is -0.740. The van der Waals surface area contributed by atoms with Crippen LogP contribution < -0.4 is 5.73 Å². The molecule has 1 aliphatic carbocycles. The lowest BCUT2D eigenvalue weighted by Crippen LogP contribution is -2.27. The lowest BCUT2D eigenvalue weighted by molar-refractivity contribution is 0.401. The van der Waals surface area contributed by atoms with Gasteiger partial charge in [0.15, 0.2) is 11.5 Å². The Balaban J connectivity index is 0.000000980. The molecule has 2 rings (SSSR count). The van der Waals surface area contributed by atoms with Gasteiger partial charge in [0.1, 0.15) is 0 Å². The molecule has 0 heterocycles. The van der Waals surface area contributed by atoms with Crippen LogP contribution in [-0.4, -0.2) is 16.3 Å². The fourth-order valence-electron chi connectivity index (χ4n) is 1.81. The molecule has 78 valence electrons. The van der Waals surface area contributed by atoms with Crippen molar-refractivity contribution in [1.82, 2.24) is 0 Å². The topological polar surface area (TPSA) is 66.5 Å². The highest BCUT2D eigenvalue weighted by Crippen LogP contribution is 2.31. The van der Waals surface area contributed by atoms with Crippen LogP contribution in [0, 0.1) is 0 Å². The quantitative estimate of drug-likeness (QED) is 0.619. The van der Waals surface area contributed by atoms with Gasteiger partial charge in [0.25, 0.3) is 0 Å². The normalized spacial score (nSPS) is 19.6. The summed E-state index contributed by atoms with van der Waals surface area (Å²) < 4.78 is 0. The first-order valence-electron chi connectivity index (χ1n) is 4.46. The molecular weight excluding hydrogens is 246 g/mol. The summed E-state index contributed by atoms with van der Waals surface area (Å²) >= 11 is 0. The highest BCUT2D eigenvalue weighted by atomic mass is 79.9. The molecule has 1 aromatic carbocycles. The van der Waals surface area contributed by atoms with Gasteiger partial charge < -0.3 is 15.9 Å². The van der Waals surface area contributed by atoms with E-state index in [0.717, 1.165) is 30.4 Å². The highest BCUT2D eigenvalue weighted by Gasteiger charge is 2.17. The number of nitrogens with two attached hydrogens (primary N) is 1. The number of fused-ring (bicyclic) bond motifs is 1. The third-order valence-corrected chi connectivity index (χ3v) is 2.56. The predicted molar refractivity (Wildman–Crippen MR) is 60.1 cm³/mol. The summed E-state index contributed by atoms with van der Waals surface area (Å²) in [6.45, 7) is 0. The molecule has 0 saturated heterocycles. The van der Waals surface area contributed by atoms with E-state index in [0.29, 0.717) is 0 Å². The van der Waals surface area contributed by atoms with E-state index in [-0.39, 0.29) is 34.5 Å². The standard InChI is InChI=1S/C10H13NO2.BrH/c11-8-2-1-6-4-9(12)10(13)5-7(6)3-8;/h4-5,8,12-13H,1-3,11H2;1H/t8-;/m1./s1. The second-order valence-electron chi connectivity index (χ2n) is 3.61. The maximum absolute atomic E-state index is 9.27. The van der Waals surface area contributed by atoms with Crippen LogP contribution in [-0.2, 0) is 12.8 Å². The molecule has 0 saturated carbocycles. The van der Waals surface area contributed by atoms with E-state index < -0.39 is 0 Å². The molecule has 3 nitrogen and oxygen atoms in total. The molecule has 0 aromatic heterocycles. The van der Waals surface area contributed by atoms with Crippen LogP contribution >= 0.6 is 17.0 Å². The Morgan fingerprint density at radius 1 is 1.14 bits per heavy atom. The van der Waals surface area contributed by atoms with Crippen molar-refractivity contribution in [2.45, 2.75) is 25.3 Å². The molecule has 0 fully saturated rings. The molecule has 1 aromatic rings. The highest BCUT2D eigenvalue weighted by molar-refractivity contribution is 8.93. The first-order chi connectivity index (χ1) is 6.16. The average molecular weight is 260 g/mol. The molecule has 0 bridgehead atoms. The van der Waals surface area contributed by atoms with Gasteiger partial charge in [-0.1, -0.05) is 0 Å². The van der Waals surface area contributed by atoms with Gasteiger partial charge in [-0.2, -0.15) is 0 Å². The molecule has 0 radical (unpaired) electrons. The maximum atomic E-state index is 9.27. The smallest absolute Gasteiger partial charge is 0.157 e. The van der Waals surface area contributed by atoms with Gasteiger partial charge in [0.05, 0.1) is 0 Å². The zero-order valence-electron chi connectivity index (χ0n) is 7.73. The lowest BCUT2D eigenvalue weighted by atomic mass is 9.88. The van der Waals surface area contributed by atoms with Crippen LogP contribution in [0.15, 0.2) is 12.1 Å². The number of benzene rings is 1. The van der Waals surface area contributed by atoms with Crippen LogP contribution in [0.4, 0.5) is 0 Å². The van der Waals surface area contributed by atoms with E-state index >= 15 is 0 Å². The van der Waals surface area contributed by atoms with Crippen molar-refractivity contribution >= 4 is 17.0 Å². The minimum Gasteiger partial charge on any atom is -0.504 e. The van der Waals surface area contributed by atoms with E-state index in [2.05, 4.69) is 0 Å². The molecule has 0 amide bonds. The molecule has 4 N–H and O–H groups in total. The van der Waals surface area contributed by atoms with Crippen LogP contribution in [0.1, 0.15) is 17.5 Å². The summed E-state index contributed by atoms with van der Waals surface area (Å²) in [4.78, 5) is 0. The molecule has 0 unspecified atom stereocenters. The Kier molecular flexibility index (Phi) is 3.39. The van der Waals surface area contributed by atoms with Crippen molar-refractivity contribution in [3.8, 4) is 11.5 Å². The zero-order valence-corrected chi connectivity index (χ0v) is 9.45. The molecular formula is C10H14BrNO2. The summed E-state index contributed by atoms with van der Waals surface area (Å²) in [5.41, 5.74) is 7.97. The first-order valence-corrected chi connectivity index (χ1v) is 4.46. The largest absolute Gasteiger partial charge is 0.504 e. The third-order valence-electron chi connectivity index (χ3n) is 2.56. The Morgan fingerprint density at radius 3 is 2.36 bits per heavy atom. The maximum Gasteiger partial charge on any atom is 0.157 e. The number of phenolic OH excluding ortho intramolecular Hbond substituents is 2. The Labute approximate surface area is 93.3 Å². The fraction of sp³-hybridized carbons (Fsp3) is 0.400. The third kappa shape index (κ3) is 2.01. The molecule has 1 aliphatic rings. The minimum atomic E-state index is -0.0483. The second kappa shape index (κ2) is 4.19. The lowest BCUT2D eigenvalue weighted by Gasteiger charge is -2.21. The molecule has 0 spiro atoms. The van der Waals surface area contributed by atoms with Gasteiger partial charge in [0, 0.05) is 6.04 Å². The van der Waals surface area contributed by atoms with Gasteiger partial charge in [-0.25, -0.2) is 0 Å². The van der Waals surface area contributed by atoms with Crippen molar-refractivity contribution in [2.24, 2.45) is 5.73 Å². The number of aryl methyl sites for hydroxylation is 1. The number of halogens is 1. The SMILES string of the molecule is Br.N[C@@H]1CCc2cc(O)c(O)cc2C1. The average Bonchev–Trinajstić information content (AvgIpc) is 2.08. The molecule has 14 heavy (non-hydrogen) atoms. The minimum absolute atomic E-state index is 0. The first kappa shape index (κ1) is 11.3. The number of aromatic hydroxyl groups is 2. The summed E-state index contributed by atoms with van der Waals surface area (Å²) in [6, 6.07) is 3.44. The fourth-order valence-corrected chi connectivity index (χ4v) is 1.81. The van der Waals surface area contributed by atoms with Crippen LogP contribution in [0.5, 0.6) is 11.5 Å². The summed E-state index contributed by atoms with van der Waals surface area (Å²) in [7, 11) is 0. The van der Waals surface area contributed by atoms with Crippen molar-refractivity contribution in [2.75, 3.05) is 0 Å². The monoisotopic (exact) mass is 259 g/mol. The van der Waals surface area contributed by atoms with E-state index in [1.54, 1.807) is 12.1 Å².